The van der Waals surface area contributed by atoms with Crippen LogP contribution >= 0.6 is 0 Å². The molecule has 0 aromatic carbocycles. The molecule has 3 N–H and O–H groups in total. The van der Waals surface area contributed by atoms with Crippen molar-refractivity contribution in [1.29, 1.82) is 0 Å². The number of hydrogen-bond acceptors (Lipinski definition) is 6. The fourth-order valence-corrected chi connectivity index (χ4v) is 2.25. The van der Waals surface area contributed by atoms with Gasteiger partial charge in [0.2, 0.25) is 5.91 Å². The molecule has 0 bridgehead atoms. The molecule has 0 unspecified atom stereocenters. The van der Waals surface area contributed by atoms with Crippen LogP contribution in [0.15, 0.2) is 21.9 Å². The first kappa shape index (κ1) is 15.9. The van der Waals surface area contributed by atoms with Crippen molar-refractivity contribution >= 4 is 11.9 Å². The fraction of sp³-hybridized carbons (Fsp3) is 0.500. The number of likely N-dealkylation sites (tertiary alicyclic amines) is 1. The van der Waals surface area contributed by atoms with Crippen LogP contribution in [0.1, 0.15) is 6.04 Å². The highest BCUT2D eigenvalue weighted by Crippen LogP contribution is 2.20. The van der Waals surface area contributed by atoms with E-state index in [1.807, 2.05) is 0 Å². The van der Waals surface area contributed by atoms with Crippen molar-refractivity contribution in [3.63, 3.8) is 0 Å². The zero-order valence-corrected chi connectivity index (χ0v) is 11.5. The molecule has 10 heteroatoms. The standard InChI is InChI=1S/C12H15N3O7/c16-8-4-14(10(18)5-22-6-11(19)20)3-7(8)15-2-1-9(17)13-12(15)21/h1-2,7-8,16H,3-6H2,(H,19,20)(H,13,17,21)/t7-,8-/m1/s1. The lowest BCUT2D eigenvalue weighted by Gasteiger charge is -2.17. The zero-order chi connectivity index (χ0) is 16.3. The molecule has 1 aliphatic heterocycles. The SMILES string of the molecule is O=C(O)COCC(=O)N1C[C@@H](O)[C@H](n2ccc(=O)[nH]c2=O)C1. The number of carboxylic acids is 1. The van der Waals surface area contributed by atoms with E-state index in [1.165, 1.54) is 11.1 Å². The number of aliphatic hydroxyl groups is 1. The van der Waals surface area contributed by atoms with Gasteiger partial charge in [0.1, 0.15) is 13.2 Å². The second-order valence-electron chi connectivity index (χ2n) is 4.84. The Morgan fingerprint density at radius 3 is 2.68 bits per heavy atom. The summed E-state index contributed by atoms with van der Waals surface area (Å²) < 4.78 is 5.85. The maximum Gasteiger partial charge on any atom is 0.329 e. The summed E-state index contributed by atoms with van der Waals surface area (Å²) >= 11 is 0. The summed E-state index contributed by atoms with van der Waals surface area (Å²) in [6, 6.07) is 0.460. The van der Waals surface area contributed by atoms with Crippen molar-refractivity contribution in [2.45, 2.75) is 12.1 Å². The summed E-state index contributed by atoms with van der Waals surface area (Å²) in [6.45, 7) is -0.967. The Morgan fingerprint density at radius 2 is 2.05 bits per heavy atom. The number of carboxylic acid groups (broad SMARTS) is 1. The number of aliphatic carboxylic acids is 1. The molecule has 1 amide bonds. The summed E-state index contributed by atoms with van der Waals surface area (Å²) in [7, 11) is 0. The van der Waals surface area contributed by atoms with Crippen LogP contribution in [0.3, 0.4) is 0 Å². The predicted octanol–water partition coefficient (Wildman–Crippen LogP) is -2.62. The number of aliphatic hydroxyl groups excluding tert-OH is 1. The number of carbonyl (C=O) groups is 2. The monoisotopic (exact) mass is 313 g/mol. The Bertz CT molecular complexity index is 680. The number of nitrogens with one attached hydrogen (secondary N) is 1. The smallest absolute Gasteiger partial charge is 0.329 e. The van der Waals surface area contributed by atoms with E-state index in [9.17, 15) is 24.3 Å². The van der Waals surface area contributed by atoms with Gasteiger partial charge in [0, 0.05) is 25.4 Å². The molecule has 0 radical (unpaired) electrons. The second-order valence-corrected chi connectivity index (χ2v) is 4.84. The number of aromatic nitrogens is 2. The Labute approximate surface area is 123 Å². The number of β-amino-alcohol motifs (C(OH)–C–C–N with tert-alkyl or cyclic N) is 1. The van der Waals surface area contributed by atoms with E-state index in [2.05, 4.69) is 4.98 Å². The van der Waals surface area contributed by atoms with Gasteiger partial charge in [0.25, 0.3) is 5.56 Å². The molecule has 2 atom stereocenters. The van der Waals surface area contributed by atoms with Gasteiger partial charge in [-0.05, 0) is 0 Å². The van der Waals surface area contributed by atoms with Gasteiger partial charge in [-0.25, -0.2) is 9.59 Å². The van der Waals surface area contributed by atoms with Crippen LogP contribution in [-0.2, 0) is 14.3 Å². The molecule has 120 valence electrons. The third-order valence-corrected chi connectivity index (χ3v) is 3.27. The number of ether oxygens (including phenoxy) is 1. The number of amides is 1. The van der Waals surface area contributed by atoms with Gasteiger partial charge in [-0.2, -0.15) is 0 Å². The summed E-state index contributed by atoms with van der Waals surface area (Å²) in [4.78, 5) is 48.2. The van der Waals surface area contributed by atoms with Crippen molar-refractivity contribution in [2.24, 2.45) is 0 Å². The predicted molar refractivity (Wildman–Crippen MR) is 71.4 cm³/mol. The first-order chi connectivity index (χ1) is 10.4. The molecule has 0 spiro atoms. The van der Waals surface area contributed by atoms with Gasteiger partial charge in [-0.15, -0.1) is 0 Å². The molecule has 10 nitrogen and oxygen atoms in total. The molecule has 22 heavy (non-hydrogen) atoms. The van der Waals surface area contributed by atoms with Crippen molar-refractivity contribution in [2.75, 3.05) is 26.3 Å². The van der Waals surface area contributed by atoms with Crippen molar-refractivity contribution in [1.82, 2.24) is 14.5 Å². The van der Waals surface area contributed by atoms with E-state index >= 15 is 0 Å². The Hall–Kier alpha value is -2.46. The van der Waals surface area contributed by atoms with Crippen molar-refractivity contribution < 1.29 is 24.5 Å². The van der Waals surface area contributed by atoms with Gasteiger partial charge in [-0.1, -0.05) is 0 Å². The topological polar surface area (TPSA) is 142 Å². The maximum atomic E-state index is 11.8. The van der Waals surface area contributed by atoms with E-state index in [-0.39, 0.29) is 13.1 Å². The lowest BCUT2D eigenvalue weighted by Crippen LogP contribution is -2.36. The van der Waals surface area contributed by atoms with Crippen molar-refractivity contribution in [3.8, 4) is 0 Å². The van der Waals surface area contributed by atoms with E-state index < -0.39 is 48.5 Å². The normalized spacial score (nSPS) is 21.0. The minimum atomic E-state index is -1.19. The largest absolute Gasteiger partial charge is 0.480 e. The molecular formula is C12H15N3O7. The number of H-pyrrole nitrogens is 1. The summed E-state index contributed by atoms with van der Waals surface area (Å²) in [5, 5.41) is 18.4. The van der Waals surface area contributed by atoms with Crippen LogP contribution in [0.25, 0.3) is 0 Å². The minimum absolute atomic E-state index is 0.00843. The molecule has 1 saturated heterocycles. The molecule has 1 aromatic heterocycles. The van der Waals surface area contributed by atoms with Crippen LogP contribution in [0.2, 0.25) is 0 Å². The van der Waals surface area contributed by atoms with Gasteiger partial charge >= 0.3 is 11.7 Å². The Balaban J connectivity index is 2.02. The van der Waals surface area contributed by atoms with E-state index in [1.54, 1.807) is 0 Å². The number of aromatic amines is 1. The highest BCUT2D eigenvalue weighted by molar-refractivity contribution is 5.78. The highest BCUT2D eigenvalue weighted by Gasteiger charge is 2.35. The Morgan fingerprint density at radius 1 is 1.32 bits per heavy atom. The van der Waals surface area contributed by atoms with E-state index in [0.717, 1.165) is 10.6 Å². The number of rotatable bonds is 5. The average Bonchev–Trinajstić information content (AvgIpc) is 2.80. The van der Waals surface area contributed by atoms with Gasteiger partial charge < -0.3 is 19.8 Å². The third-order valence-electron chi connectivity index (χ3n) is 3.27. The molecule has 1 fully saturated rings. The summed E-state index contributed by atoms with van der Waals surface area (Å²) in [5.74, 6) is -1.67. The van der Waals surface area contributed by atoms with Crippen LogP contribution in [0, 0.1) is 0 Å². The number of hydrogen-bond donors (Lipinski definition) is 3. The van der Waals surface area contributed by atoms with Gasteiger partial charge in [0.05, 0.1) is 12.1 Å². The summed E-state index contributed by atoms with van der Waals surface area (Å²) in [6.07, 6.45) is 0.274. The van der Waals surface area contributed by atoms with E-state index in [4.69, 9.17) is 9.84 Å². The molecule has 2 heterocycles. The minimum Gasteiger partial charge on any atom is -0.480 e. The number of nitrogens with zero attached hydrogens (tertiary/aromatic N) is 2. The van der Waals surface area contributed by atoms with E-state index in [0.29, 0.717) is 0 Å². The zero-order valence-electron chi connectivity index (χ0n) is 11.5. The molecule has 0 saturated carbocycles. The third kappa shape index (κ3) is 3.59. The van der Waals surface area contributed by atoms with Crippen LogP contribution in [0.5, 0.6) is 0 Å². The van der Waals surface area contributed by atoms with Gasteiger partial charge in [-0.3, -0.25) is 19.1 Å². The van der Waals surface area contributed by atoms with Crippen molar-refractivity contribution in [3.05, 3.63) is 33.1 Å². The highest BCUT2D eigenvalue weighted by atomic mass is 16.5. The lowest BCUT2D eigenvalue weighted by molar-refractivity contribution is -0.145. The fourth-order valence-electron chi connectivity index (χ4n) is 2.25. The average molecular weight is 313 g/mol. The summed E-state index contributed by atoms with van der Waals surface area (Å²) in [5.41, 5.74) is -1.23. The van der Waals surface area contributed by atoms with Crippen LogP contribution < -0.4 is 11.2 Å². The second kappa shape index (κ2) is 6.54. The van der Waals surface area contributed by atoms with Crippen LogP contribution in [-0.4, -0.2) is 68.9 Å². The number of carbonyl (C=O) groups excluding carboxylic acids is 1. The Kier molecular flexibility index (Phi) is 4.73. The maximum absolute atomic E-state index is 11.8. The quantitative estimate of drug-likeness (QED) is 0.540. The lowest BCUT2D eigenvalue weighted by atomic mass is 10.2. The molecular weight excluding hydrogens is 298 g/mol. The molecule has 1 aromatic rings. The first-order valence-corrected chi connectivity index (χ1v) is 6.45. The molecule has 0 aliphatic carbocycles. The van der Waals surface area contributed by atoms with Crippen LogP contribution in [0.4, 0.5) is 0 Å². The first-order valence-electron chi connectivity index (χ1n) is 6.45. The van der Waals surface area contributed by atoms with Gasteiger partial charge in [0.15, 0.2) is 0 Å². The molecule has 1 aliphatic rings. The molecule has 2 rings (SSSR count).